The van der Waals surface area contributed by atoms with Gasteiger partial charge in [-0.05, 0) is 18.7 Å². The van der Waals surface area contributed by atoms with Crippen LogP contribution in [0.1, 0.15) is 27.9 Å². The number of para-hydroxylation sites is 1. The Morgan fingerprint density at radius 1 is 1.40 bits per heavy atom. The van der Waals surface area contributed by atoms with E-state index in [0.717, 1.165) is 31.7 Å². The molecule has 2 aromatic rings. The smallest absolute Gasteiger partial charge is 0.261 e. The van der Waals surface area contributed by atoms with Crippen molar-refractivity contribution in [2.45, 2.75) is 19.9 Å². The Morgan fingerprint density at radius 2 is 2.20 bits per heavy atom. The number of carbonyl (C=O) groups excluding carboxylic acids is 2. The van der Waals surface area contributed by atoms with Gasteiger partial charge in [0.1, 0.15) is 5.75 Å². The second kappa shape index (κ2) is 7.62. The van der Waals surface area contributed by atoms with Gasteiger partial charge < -0.3 is 10.5 Å². The number of primary amides is 1. The number of nitrogens with two attached hydrogens (primary N) is 1. The summed E-state index contributed by atoms with van der Waals surface area (Å²) >= 11 is 1.50. The molecule has 0 spiro atoms. The number of fused-ring (bicyclic) bond motifs is 1. The molecule has 1 aliphatic heterocycles. The van der Waals surface area contributed by atoms with Crippen LogP contribution in [0.3, 0.4) is 0 Å². The molecule has 2 amide bonds. The van der Waals surface area contributed by atoms with E-state index in [1.807, 2.05) is 0 Å². The number of rotatable bonds is 6. The molecular formula is C17H20N4O3S. The fourth-order valence-electron chi connectivity index (χ4n) is 2.67. The highest BCUT2D eigenvalue weighted by atomic mass is 32.1. The summed E-state index contributed by atoms with van der Waals surface area (Å²) < 4.78 is 5.31. The Labute approximate surface area is 149 Å². The SMILES string of the molecule is CCN1CCc2nc(NC(=O)c3ccccc3OCC(N)=O)sc2C1. The number of ether oxygens (including phenoxy) is 1. The van der Waals surface area contributed by atoms with Crippen molar-refractivity contribution in [3.8, 4) is 5.75 Å². The van der Waals surface area contributed by atoms with E-state index in [4.69, 9.17) is 10.5 Å². The molecule has 0 unspecified atom stereocenters. The van der Waals surface area contributed by atoms with Crippen molar-refractivity contribution in [1.29, 1.82) is 0 Å². The van der Waals surface area contributed by atoms with Crippen LogP contribution in [0.25, 0.3) is 0 Å². The minimum Gasteiger partial charge on any atom is -0.483 e. The third-order valence-electron chi connectivity index (χ3n) is 3.98. The fourth-order valence-corrected chi connectivity index (χ4v) is 3.71. The predicted octanol–water partition coefficient (Wildman–Crippen LogP) is 1.64. The van der Waals surface area contributed by atoms with Gasteiger partial charge in [-0.3, -0.25) is 19.8 Å². The van der Waals surface area contributed by atoms with Gasteiger partial charge in [0.25, 0.3) is 11.8 Å². The lowest BCUT2D eigenvalue weighted by Crippen LogP contribution is -2.29. The zero-order valence-corrected chi connectivity index (χ0v) is 14.8. The molecule has 2 heterocycles. The average molecular weight is 360 g/mol. The second-order valence-electron chi connectivity index (χ2n) is 5.71. The number of amides is 2. The Kier molecular flexibility index (Phi) is 5.30. The number of hydrogen-bond acceptors (Lipinski definition) is 6. The molecule has 0 saturated heterocycles. The summed E-state index contributed by atoms with van der Waals surface area (Å²) in [5.41, 5.74) is 6.49. The number of likely N-dealkylation sites (N-methyl/N-ethyl adjacent to an activating group) is 1. The monoisotopic (exact) mass is 360 g/mol. The van der Waals surface area contributed by atoms with Crippen LogP contribution in [0, 0.1) is 0 Å². The van der Waals surface area contributed by atoms with Crippen LogP contribution in [0.2, 0.25) is 0 Å². The van der Waals surface area contributed by atoms with E-state index in [2.05, 4.69) is 22.1 Å². The highest BCUT2D eigenvalue weighted by Crippen LogP contribution is 2.29. The number of hydrogen-bond donors (Lipinski definition) is 2. The number of carbonyl (C=O) groups is 2. The van der Waals surface area contributed by atoms with Crippen LogP contribution < -0.4 is 15.8 Å². The highest BCUT2D eigenvalue weighted by Gasteiger charge is 2.21. The lowest BCUT2D eigenvalue weighted by atomic mass is 10.2. The number of benzene rings is 1. The molecule has 7 nitrogen and oxygen atoms in total. The van der Waals surface area contributed by atoms with Crippen molar-refractivity contribution < 1.29 is 14.3 Å². The van der Waals surface area contributed by atoms with E-state index in [1.54, 1.807) is 24.3 Å². The Hall–Kier alpha value is -2.45. The molecule has 0 bridgehead atoms. The summed E-state index contributed by atoms with van der Waals surface area (Å²) in [6, 6.07) is 6.73. The van der Waals surface area contributed by atoms with Crippen LogP contribution in [0.5, 0.6) is 5.75 Å². The van der Waals surface area contributed by atoms with Crippen molar-refractivity contribution in [3.05, 3.63) is 40.4 Å². The quantitative estimate of drug-likeness (QED) is 0.816. The maximum absolute atomic E-state index is 12.6. The molecule has 1 aromatic carbocycles. The minimum atomic E-state index is -0.594. The molecule has 3 N–H and O–H groups in total. The van der Waals surface area contributed by atoms with Crippen LogP contribution in [0.15, 0.2) is 24.3 Å². The summed E-state index contributed by atoms with van der Waals surface area (Å²) in [5.74, 6) is -0.598. The van der Waals surface area contributed by atoms with Gasteiger partial charge >= 0.3 is 0 Å². The first-order valence-corrected chi connectivity index (χ1v) is 8.91. The maximum Gasteiger partial charge on any atom is 0.261 e. The van der Waals surface area contributed by atoms with Gasteiger partial charge in [0, 0.05) is 24.4 Å². The van der Waals surface area contributed by atoms with Crippen molar-refractivity contribution in [1.82, 2.24) is 9.88 Å². The summed E-state index contributed by atoms with van der Waals surface area (Å²) in [4.78, 5) is 31.5. The van der Waals surface area contributed by atoms with E-state index in [9.17, 15) is 9.59 Å². The molecular weight excluding hydrogens is 340 g/mol. The number of thiazole rings is 1. The predicted molar refractivity (Wildman–Crippen MR) is 95.9 cm³/mol. The summed E-state index contributed by atoms with van der Waals surface area (Å²) in [5, 5.41) is 3.41. The summed E-state index contributed by atoms with van der Waals surface area (Å²) in [6.07, 6.45) is 0.897. The highest BCUT2D eigenvalue weighted by molar-refractivity contribution is 7.15. The normalized spacial score (nSPS) is 14.0. The first-order chi connectivity index (χ1) is 12.1. The first kappa shape index (κ1) is 17.4. The topological polar surface area (TPSA) is 97.6 Å². The van der Waals surface area contributed by atoms with Crippen molar-refractivity contribution in [2.75, 3.05) is 25.0 Å². The van der Waals surface area contributed by atoms with Crippen LogP contribution >= 0.6 is 11.3 Å². The van der Waals surface area contributed by atoms with Gasteiger partial charge in [-0.2, -0.15) is 0 Å². The molecule has 132 valence electrons. The third kappa shape index (κ3) is 4.15. The standard InChI is InChI=1S/C17H20N4O3S/c1-2-21-8-7-12-14(9-21)25-17(19-12)20-16(23)11-5-3-4-6-13(11)24-10-15(18)22/h3-6H,2,7-10H2,1H3,(H2,18,22)(H,19,20,23). The van der Waals surface area contributed by atoms with E-state index in [1.165, 1.54) is 16.2 Å². The van der Waals surface area contributed by atoms with Gasteiger partial charge in [0.2, 0.25) is 0 Å². The molecule has 1 aliphatic rings. The first-order valence-electron chi connectivity index (χ1n) is 8.09. The largest absolute Gasteiger partial charge is 0.483 e. The Bertz CT molecular complexity index is 790. The molecule has 0 saturated carbocycles. The number of aromatic nitrogens is 1. The lowest BCUT2D eigenvalue weighted by Gasteiger charge is -2.23. The molecule has 0 aliphatic carbocycles. The van der Waals surface area contributed by atoms with E-state index >= 15 is 0 Å². The summed E-state index contributed by atoms with van der Waals surface area (Å²) in [6.45, 7) is 4.73. The van der Waals surface area contributed by atoms with Crippen LogP contribution in [-0.4, -0.2) is 41.4 Å². The van der Waals surface area contributed by atoms with Crippen molar-refractivity contribution >= 4 is 28.3 Å². The van der Waals surface area contributed by atoms with Crippen molar-refractivity contribution in [3.63, 3.8) is 0 Å². The van der Waals surface area contributed by atoms with E-state index in [-0.39, 0.29) is 12.5 Å². The molecule has 1 aromatic heterocycles. The number of anilines is 1. The number of nitrogens with zero attached hydrogens (tertiary/aromatic N) is 2. The Balaban J connectivity index is 1.73. The van der Waals surface area contributed by atoms with Gasteiger partial charge in [-0.1, -0.05) is 19.1 Å². The molecule has 0 fully saturated rings. The molecule has 25 heavy (non-hydrogen) atoms. The summed E-state index contributed by atoms with van der Waals surface area (Å²) in [7, 11) is 0. The molecule has 8 heteroatoms. The van der Waals surface area contributed by atoms with Crippen LogP contribution in [-0.2, 0) is 17.8 Å². The zero-order chi connectivity index (χ0) is 17.8. The average Bonchev–Trinajstić information content (AvgIpc) is 3.01. The molecule has 0 radical (unpaired) electrons. The molecule has 3 rings (SSSR count). The molecule has 0 atom stereocenters. The van der Waals surface area contributed by atoms with Gasteiger partial charge in [-0.25, -0.2) is 4.98 Å². The second-order valence-corrected chi connectivity index (χ2v) is 6.80. The van der Waals surface area contributed by atoms with E-state index < -0.39 is 5.91 Å². The van der Waals surface area contributed by atoms with E-state index in [0.29, 0.717) is 16.4 Å². The lowest BCUT2D eigenvalue weighted by molar-refractivity contribution is -0.119. The van der Waals surface area contributed by atoms with Gasteiger partial charge in [0.15, 0.2) is 11.7 Å². The Morgan fingerprint density at radius 3 is 2.96 bits per heavy atom. The zero-order valence-electron chi connectivity index (χ0n) is 13.9. The van der Waals surface area contributed by atoms with Gasteiger partial charge in [-0.15, -0.1) is 11.3 Å². The minimum absolute atomic E-state index is 0.275. The maximum atomic E-state index is 12.6. The van der Waals surface area contributed by atoms with Crippen molar-refractivity contribution in [2.24, 2.45) is 5.73 Å². The third-order valence-corrected chi connectivity index (χ3v) is 4.98. The van der Waals surface area contributed by atoms with Gasteiger partial charge in [0.05, 0.1) is 11.3 Å². The number of nitrogens with one attached hydrogen (secondary N) is 1. The van der Waals surface area contributed by atoms with Crippen LogP contribution in [0.4, 0.5) is 5.13 Å². The fraction of sp³-hybridized carbons (Fsp3) is 0.353.